The highest BCUT2D eigenvalue weighted by Gasteiger charge is 2.32. The van der Waals surface area contributed by atoms with Gasteiger partial charge >= 0.3 is 6.03 Å². The lowest BCUT2D eigenvalue weighted by atomic mass is 9.88. The summed E-state index contributed by atoms with van der Waals surface area (Å²) in [5.41, 5.74) is 3.95. The summed E-state index contributed by atoms with van der Waals surface area (Å²) in [6.07, 6.45) is 1.31. The third kappa shape index (κ3) is 4.96. The lowest BCUT2D eigenvalue weighted by molar-refractivity contribution is 0.180. The number of amides is 2. The molecule has 0 radical (unpaired) electrons. The van der Waals surface area contributed by atoms with Gasteiger partial charge in [-0.05, 0) is 35.2 Å². The molecule has 0 aromatic heterocycles. The molecule has 2 aliphatic heterocycles. The summed E-state index contributed by atoms with van der Waals surface area (Å²) in [4.78, 5) is 16.9. The first kappa shape index (κ1) is 22.3. The number of carbonyl (C=O) groups is 1. The lowest BCUT2D eigenvalue weighted by Gasteiger charge is -2.38. The Morgan fingerprint density at radius 2 is 1.75 bits per heavy atom. The number of sulfone groups is 1. The number of carbonyl (C=O) groups excluding carboxylic acids is 1. The van der Waals surface area contributed by atoms with Crippen LogP contribution in [0.2, 0.25) is 0 Å². The van der Waals surface area contributed by atoms with Crippen LogP contribution in [0.5, 0.6) is 0 Å². The number of halogens is 1. The Bertz CT molecular complexity index is 1090. The van der Waals surface area contributed by atoms with E-state index in [1.54, 1.807) is 17.0 Å². The van der Waals surface area contributed by atoms with Gasteiger partial charge in [-0.3, -0.25) is 0 Å². The molecule has 4 rings (SSSR count). The normalized spacial score (nSPS) is 19.8. The highest BCUT2D eigenvalue weighted by Crippen LogP contribution is 2.35. The van der Waals surface area contributed by atoms with E-state index in [-0.39, 0.29) is 29.4 Å². The second-order valence-corrected chi connectivity index (χ2v) is 10.6. The van der Waals surface area contributed by atoms with Gasteiger partial charge in [0.2, 0.25) is 0 Å². The maximum absolute atomic E-state index is 13.5. The van der Waals surface area contributed by atoms with Gasteiger partial charge in [0, 0.05) is 38.3 Å². The molecule has 2 aliphatic rings. The van der Waals surface area contributed by atoms with Crippen LogP contribution in [0.25, 0.3) is 0 Å². The first-order chi connectivity index (χ1) is 15.3. The summed E-state index contributed by atoms with van der Waals surface area (Å²) >= 11 is 0. The Morgan fingerprint density at radius 3 is 2.47 bits per heavy atom. The van der Waals surface area contributed by atoms with Crippen molar-refractivity contribution in [2.75, 3.05) is 37.7 Å². The van der Waals surface area contributed by atoms with Gasteiger partial charge in [0.25, 0.3) is 0 Å². The van der Waals surface area contributed by atoms with Crippen molar-refractivity contribution < 1.29 is 17.6 Å². The monoisotopic (exact) mass is 457 g/mol. The molecule has 1 fully saturated rings. The molecule has 2 heterocycles. The van der Waals surface area contributed by atoms with Crippen LogP contribution in [0.1, 0.15) is 29.2 Å². The van der Waals surface area contributed by atoms with E-state index < -0.39 is 9.84 Å². The molecule has 0 aliphatic carbocycles. The van der Waals surface area contributed by atoms with E-state index in [1.165, 1.54) is 17.7 Å². The topological polar surface area (TPSA) is 69.7 Å². The van der Waals surface area contributed by atoms with Crippen LogP contribution in [0, 0.1) is 5.82 Å². The van der Waals surface area contributed by atoms with Gasteiger partial charge in [-0.15, -0.1) is 0 Å². The maximum atomic E-state index is 13.5. The van der Waals surface area contributed by atoms with Crippen molar-refractivity contribution in [3.8, 4) is 0 Å². The quantitative estimate of drug-likeness (QED) is 0.749. The molecule has 1 saturated heterocycles. The van der Waals surface area contributed by atoms with Crippen molar-refractivity contribution in [2.24, 2.45) is 0 Å². The molecule has 1 atom stereocenters. The molecule has 0 saturated carbocycles. The minimum Gasteiger partial charge on any atom is -0.373 e. The predicted molar refractivity (Wildman–Crippen MR) is 122 cm³/mol. The van der Waals surface area contributed by atoms with Crippen LogP contribution < -0.4 is 5.32 Å². The van der Waals surface area contributed by atoms with Crippen LogP contribution in [-0.2, 0) is 16.3 Å². The number of rotatable bonds is 5. The Balaban J connectivity index is 1.42. The molecular formula is C24H28FN3O3S. The van der Waals surface area contributed by atoms with Crippen molar-refractivity contribution in [1.29, 1.82) is 0 Å². The Kier molecular flexibility index (Phi) is 6.50. The number of nitrogens with zero attached hydrogens (tertiary/aromatic N) is 2. The molecular weight excluding hydrogens is 429 g/mol. The van der Waals surface area contributed by atoms with E-state index in [1.807, 2.05) is 23.1 Å². The van der Waals surface area contributed by atoms with E-state index in [0.29, 0.717) is 32.6 Å². The summed E-state index contributed by atoms with van der Waals surface area (Å²) in [7, 11) is -2.94. The standard InChI is InChI=1S/C24H28FN3O3S/c1-18(27-14-16-32(30,31)17-15-27)10-12-26-24(29)28-13-11-19-4-2-3-5-22(19)23(28)20-6-8-21(25)9-7-20/h2-9,23H,1,10-17H2,(H,26,29)/t23-/m0/s1. The molecule has 0 spiro atoms. The number of nitrogens with one attached hydrogen (secondary N) is 1. The minimum atomic E-state index is -2.94. The molecule has 2 amide bonds. The van der Waals surface area contributed by atoms with Gasteiger partial charge in [0.15, 0.2) is 9.84 Å². The Hall–Kier alpha value is -2.87. The fourth-order valence-electron chi connectivity index (χ4n) is 4.39. The highest BCUT2D eigenvalue weighted by atomic mass is 32.2. The Labute approximate surface area is 188 Å². The van der Waals surface area contributed by atoms with Gasteiger partial charge in [0.05, 0.1) is 17.5 Å². The van der Waals surface area contributed by atoms with Gasteiger partial charge in [0.1, 0.15) is 5.82 Å². The molecule has 0 bridgehead atoms. The summed E-state index contributed by atoms with van der Waals surface area (Å²) in [5.74, 6) is -0.0200. The number of urea groups is 1. The van der Waals surface area contributed by atoms with Crippen molar-refractivity contribution >= 4 is 15.9 Å². The van der Waals surface area contributed by atoms with Crippen LogP contribution in [-0.4, -0.2) is 61.9 Å². The number of hydrogen-bond acceptors (Lipinski definition) is 4. The van der Waals surface area contributed by atoms with Crippen molar-refractivity contribution in [3.05, 3.63) is 83.3 Å². The maximum Gasteiger partial charge on any atom is 0.318 e. The van der Waals surface area contributed by atoms with Crippen LogP contribution in [0.15, 0.2) is 60.8 Å². The molecule has 2 aromatic carbocycles. The van der Waals surface area contributed by atoms with Gasteiger partial charge in [-0.2, -0.15) is 0 Å². The molecule has 170 valence electrons. The van der Waals surface area contributed by atoms with Crippen LogP contribution in [0.4, 0.5) is 9.18 Å². The molecule has 32 heavy (non-hydrogen) atoms. The summed E-state index contributed by atoms with van der Waals surface area (Å²) in [6, 6.07) is 13.9. The second-order valence-electron chi connectivity index (χ2n) is 8.28. The van der Waals surface area contributed by atoms with Crippen molar-refractivity contribution in [3.63, 3.8) is 0 Å². The third-order valence-corrected chi connectivity index (χ3v) is 7.82. The van der Waals surface area contributed by atoms with Crippen molar-refractivity contribution in [2.45, 2.75) is 18.9 Å². The average Bonchev–Trinajstić information content (AvgIpc) is 2.78. The second kappa shape index (κ2) is 9.32. The fraction of sp³-hybridized carbons (Fsp3) is 0.375. The average molecular weight is 458 g/mol. The zero-order valence-electron chi connectivity index (χ0n) is 18.0. The zero-order valence-corrected chi connectivity index (χ0v) is 18.8. The summed E-state index contributed by atoms with van der Waals surface area (Å²) in [6.45, 7) is 5.94. The van der Waals surface area contributed by atoms with Gasteiger partial charge < -0.3 is 15.1 Å². The first-order valence-corrected chi connectivity index (χ1v) is 12.7. The SMILES string of the molecule is C=C(CCNC(=O)N1CCc2ccccc2[C@@H]1c1ccc(F)cc1)N1CCS(=O)(=O)CC1. The zero-order chi connectivity index (χ0) is 22.7. The molecule has 8 heteroatoms. The lowest BCUT2D eigenvalue weighted by Crippen LogP contribution is -2.46. The summed E-state index contributed by atoms with van der Waals surface area (Å²) < 4.78 is 36.7. The minimum absolute atomic E-state index is 0.144. The van der Waals surface area contributed by atoms with Gasteiger partial charge in [-0.25, -0.2) is 17.6 Å². The number of fused-ring (bicyclic) bond motifs is 1. The number of hydrogen-bond donors (Lipinski definition) is 1. The van der Waals surface area contributed by atoms with E-state index in [4.69, 9.17) is 0 Å². The third-order valence-electron chi connectivity index (χ3n) is 6.21. The Morgan fingerprint density at radius 1 is 1.06 bits per heavy atom. The van der Waals surface area contributed by atoms with E-state index >= 15 is 0 Å². The van der Waals surface area contributed by atoms with Crippen molar-refractivity contribution in [1.82, 2.24) is 15.1 Å². The molecule has 1 N–H and O–H groups in total. The summed E-state index contributed by atoms with van der Waals surface area (Å²) in [5, 5.41) is 2.99. The van der Waals surface area contributed by atoms with E-state index in [9.17, 15) is 17.6 Å². The number of benzene rings is 2. The largest absolute Gasteiger partial charge is 0.373 e. The van der Waals surface area contributed by atoms with Crippen LogP contribution in [0.3, 0.4) is 0 Å². The van der Waals surface area contributed by atoms with E-state index in [0.717, 1.165) is 23.2 Å². The highest BCUT2D eigenvalue weighted by molar-refractivity contribution is 7.91. The molecule has 6 nitrogen and oxygen atoms in total. The smallest absolute Gasteiger partial charge is 0.318 e. The fourth-order valence-corrected chi connectivity index (χ4v) is 5.59. The van der Waals surface area contributed by atoms with Gasteiger partial charge in [-0.1, -0.05) is 43.0 Å². The molecule has 2 aromatic rings. The van der Waals surface area contributed by atoms with Crippen LogP contribution >= 0.6 is 0 Å². The van der Waals surface area contributed by atoms with E-state index in [2.05, 4.69) is 18.0 Å². The predicted octanol–water partition coefficient (Wildman–Crippen LogP) is 3.12. The molecule has 0 unspecified atom stereocenters. The first-order valence-electron chi connectivity index (χ1n) is 10.8.